The molecule has 0 radical (unpaired) electrons. The van der Waals surface area contributed by atoms with Crippen molar-refractivity contribution in [2.24, 2.45) is 5.73 Å². The minimum absolute atomic E-state index is 0.170. The van der Waals surface area contributed by atoms with Gasteiger partial charge in [-0.15, -0.1) is 0 Å². The van der Waals surface area contributed by atoms with Crippen LogP contribution in [0.25, 0.3) is 11.0 Å². The highest BCUT2D eigenvalue weighted by Crippen LogP contribution is 2.20. The molecule has 7 nitrogen and oxygen atoms in total. The second-order valence-corrected chi connectivity index (χ2v) is 9.18. The number of hydrogen-bond donors (Lipinski definition) is 2. The quantitative estimate of drug-likeness (QED) is 0.178. The third-order valence-electron chi connectivity index (χ3n) is 6.28. The van der Waals surface area contributed by atoms with Gasteiger partial charge in [0.1, 0.15) is 17.2 Å². The van der Waals surface area contributed by atoms with Crippen LogP contribution in [0.1, 0.15) is 108 Å². The van der Waals surface area contributed by atoms with Gasteiger partial charge in [-0.3, -0.25) is 14.4 Å². The summed E-state index contributed by atoms with van der Waals surface area (Å²) in [6.45, 7) is 2.18. The number of nitrogens with one attached hydrogen (secondary N) is 1. The Morgan fingerprint density at radius 3 is 2.20 bits per heavy atom. The zero-order valence-corrected chi connectivity index (χ0v) is 20.9. The third kappa shape index (κ3) is 9.30. The lowest BCUT2D eigenvalue weighted by Crippen LogP contribution is -2.44. The number of aryl methyl sites for hydroxylation is 1. The number of Topliss-reactive ketones (excluding diaryl/α,β-unsaturated/α-hetero) is 1. The van der Waals surface area contributed by atoms with Crippen LogP contribution in [-0.2, 0) is 9.59 Å². The minimum Gasteiger partial charge on any atom is -0.422 e. The van der Waals surface area contributed by atoms with E-state index in [9.17, 15) is 19.2 Å². The van der Waals surface area contributed by atoms with E-state index >= 15 is 0 Å². The first-order valence-corrected chi connectivity index (χ1v) is 12.8. The predicted octanol–water partition coefficient (Wildman–Crippen LogP) is 5.35. The molecule has 0 saturated heterocycles. The molecule has 3 N–H and O–H groups in total. The third-order valence-corrected chi connectivity index (χ3v) is 6.28. The Balaban J connectivity index is 1.81. The first-order valence-electron chi connectivity index (χ1n) is 13.5. The van der Waals surface area contributed by atoms with Crippen LogP contribution < -0.4 is 16.7 Å². The number of primary amides is 1. The van der Waals surface area contributed by atoms with Crippen molar-refractivity contribution in [2.45, 2.75) is 103 Å². The van der Waals surface area contributed by atoms with Crippen molar-refractivity contribution in [1.82, 2.24) is 5.32 Å². The van der Waals surface area contributed by atoms with Gasteiger partial charge in [0.05, 0.1) is 6.42 Å². The SMILES string of the molecule is [2H]CCCCCCCCCCCCCC(=O)N[C@@H](CC(N)=O)C(=O)c1c(C)c2ccccc2oc1=O. The van der Waals surface area contributed by atoms with Crippen molar-refractivity contribution in [3.8, 4) is 0 Å². The number of hydrogen-bond acceptors (Lipinski definition) is 5. The summed E-state index contributed by atoms with van der Waals surface area (Å²) in [5.74, 6) is -1.75. The summed E-state index contributed by atoms with van der Waals surface area (Å²) in [5.41, 5.74) is 5.17. The molecule has 0 fully saturated rings. The largest absolute Gasteiger partial charge is 0.422 e. The van der Waals surface area contributed by atoms with Crippen LogP contribution in [0.3, 0.4) is 0 Å². The molecule has 0 spiro atoms. The number of nitrogens with two attached hydrogens (primary N) is 1. The van der Waals surface area contributed by atoms with E-state index in [4.69, 9.17) is 11.5 Å². The number of carbonyl (C=O) groups excluding carboxylic acids is 3. The molecule has 0 aliphatic rings. The first-order chi connectivity index (χ1) is 17.3. The standard InChI is InChI=1S/C28H40N2O5/c1-3-4-5-6-7-8-9-10-11-12-13-18-25(32)30-22(19-24(29)31)27(33)26-20(2)21-16-14-15-17-23(21)35-28(26)34/h14-17,22H,3-13,18-19H2,1-2H3,(H2,29,31)(H,30,32)/t22-/m0/s1/i1D. The Morgan fingerprint density at radius 1 is 0.971 bits per heavy atom. The van der Waals surface area contributed by atoms with E-state index in [0.29, 0.717) is 29.9 Å². The van der Waals surface area contributed by atoms with Crippen LogP contribution in [0.2, 0.25) is 0 Å². The number of amides is 2. The zero-order valence-electron chi connectivity index (χ0n) is 21.9. The van der Waals surface area contributed by atoms with E-state index in [1.807, 2.05) is 0 Å². The molecule has 1 aromatic heterocycles. The highest BCUT2D eigenvalue weighted by atomic mass is 16.4. The fraction of sp³-hybridized carbons (Fsp3) is 0.571. The average Bonchev–Trinajstić information content (AvgIpc) is 2.84. The minimum atomic E-state index is -1.21. The highest BCUT2D eigenvalue weighted by Gasteiger charge is 2.28. The molecule has 2 amide bonds. The van der Waals surface area contributed by atoms with Crippen molar-refractivity contribution in [3.05, 3.63) is 45.8 Å². The molecule has 0 aliphatic heterocycles. The molecule has 0 saturated carbocycles. The fourth-order valence-electron chi connectivity index (χ4n) is 4.32. The van der Waals surface area contributed by atoms with E-state index in [0.717, 1.165) is 32.1 Å². The maximum atomic E-state index is 13.2. The number of para-hydroxylation sites is 1. The van der Waals surface area contributed by atoms with Crippen LogP contribution in [0, 0.1) is 6.92 Å². The number of carbonyl (C=O) groups is 3. The maximum absolute atomic E-state index is 13.2. The number of unbranched alkanes of at least 4 members (excludes halogenated alkanes) is 10. The molecule has 2 aromatic rings. The zero-order chi connectivity index (χ0) is 26.3. The molecule has 35 heavy (non-hydrogen) atoms. The van der Waals surface area contributed by atoms with Crippen molar-refractivity contribution in [2.75, 3.05) is 0 Å². The summed E-state index contributed by atoms with van der Waals surface area (Å²) in [4.78, 5) is 49.8. The summed E-state index contributed by atoms with van der Waals surface area (Å²) in [6, 6.07) is 5.68. The fourth-order valence-corrected chi connectivity index (χ4v) is 4.32. The lowest BCUT2D eigenvalue weighted by atomic mass is 9.96. The molecular formula is C28H40N2O5. The predicted molar refractivity (Wildman–Crippen MR) is 138 cm³/mol. The summed E-state index contributed by atoms with van der Waals surface area (Å²) in [7, 11) is 0. The summed E-state index contributed by atoms with van der Waals surface area (Å²) in [6.07, 6.45) is 11.9. The van der Waals surface area contributed by atoms with Gasteiger partial charge in [0.25, 0.3) is 0 Å². The Kier molecular flexibility index (Phi) is 11.5. The second kappa shape index (κ2) is 15.1. The van der Waals surface area contributed by atoms with Gasteiger partial charge in [-0.2, -0.15) is 0 Å². The monoisotopic (exact) mass is 485 g/mol. The van der Waals surface area contributed by atoms with Gasteiger partial charge in [-0.05, 0) is 25.0 Å². The topological polar surface area (TPSA) is 119 Å². The molecule has 1 heterocycles. The Bertz CT molecular complexity index is 1070. The van der Waals surface area contributed by atoms with Crippen LogP contribution in [0.4, 0.5) is 0 Å². The average molecular weight is 486 g/mol. The van der Waals surface area contributed by atoms with E-state index in [-0.39, 0.29) is 24.3 Å². The van der Waals surface area contributed by atoms with E-state index in [2.05, 4.69) is 5.32 Å². The summed E-state index contributed by atoms with van der Waals surface area (Å²) >= 11 is 0. The lowest BCUT2D eigenvalue weighted by Gasteiger charge is -2.17. The van der Waals surface area contributed by atoms with Gasteiger partial charge in [-0.25, -0.2) is 4.79 Å². The molecular weight excluding hydrogens is 444 g/mol. The van der Waals surface area contributed by atoms with Crippen LogP contribution in [0.5, 0.6) is 0 Å². The lowest BCUT2D eigenvalue weighted by molar-refractivity contribution is -0.122. The molecule has 192 valence electrons. The van der Waals surface area contributed by atoms with Crippen molar-refractivity contribution in [1.29, 1.82) is 0 Å². The normalized spacial score (nSPS) is 12.3. The van der Waals surface area contributed by atoms with E-state index in [1.165, 1.54) is 32.1 Å². The van der Waals surface area contributed by atoms with Crippen LogP contribution in [0.15, 0.2) is 33.5 Å². The van der Waals surface area contributed by atoms with Crippen LogP contribution >= 0.6 is 0 Å². The number of fused-ring (bicyclic) bond motifs is 1. The number of rotatable bonds is 17. The van der Waals surface area contributed by atoms with Gasteiger partial charge in [-0.1, -0.05) is 89.3 Å². The summed E-state index contributed by atoms with van der Waals surface area (Å²) in [5, 5.41) is 3.23. The molecule has 0 bridgehead atoms. The Morgan fingerprint density at radius 2 is 1.57 bits per heavy atom. The van der Waals surface area contributed by atoms with Gasteiger partial charge in [0.2, 0.25) is 11.8 Å². The molecule has 7 heteroatoms. The van der Waals surface area contributed by atoms with Crippen molar-refractivity contribution < 1.29 is 20.2 Å². The Hall–Kier alpha value is -2.96. The van der Waals surface area contributed by atoms with Gasteiger partial charge < -0.3 is 15.5 Å². The molecule has 1 aromatic carbocycles. The van der Waals surface area contributed by atoms with E-state index in [1.54, 1.807) is 31.2 Å². The van der Waals surface area contributed by atoms with Crippen molar-refractivity contribution in [3.63, 3.8) is 0 Å². The number of ketones is 1. The van der Waals surface area contributed by atoms with Gasteiger partial charge >= 0.3 is 5.63 Å². The van der Waals surface area contributed by atoms with Crippen molar-refractivity contribution >= 4 is 28.6 Å². The second-order valence-electron chi connectivity index (χ2n) is 9.18. The Labute approximate surface area is 209 Å². The van der Waals surface area contributed by atoms with Gasteiger partial charge in [0, 0.05) is 13.2 Å². The van der Waals surface area contributed by atoms with Gasteiger partial charge in [0.15, 0.2) is 5.78 Å². The summed E-state index contributed by atoms with van der Waals surface area (Å²) < 4.78 is 12.4. The van der Waals surface area contributed by atoms with Crippen LogP contribution in [-0.4, -0.2) is 23.6 Å². The maximum Gasteiger partial charge on any atom is 0.347 e. The molecule has 2 rings (SSSR count). The smallest absolute Gasteiger partial charge is 0.347 e. The highest BCUT2D eigenvalue weighted by molar-refractivity contribution is 6.06. The van der Waals surface area contributed by atoms with E-state index < -0.39 is 23.4 Å². The molecule has 1 atom stereocenters. The first kappa shape index (κ1) is 26.6. The molecule has 0 aliphatic carbocycles. The molecule has 0 unspecified atom stereocenters. The number of benzene rings is 1.